The first-order valence-electron chi connectivity index (χ1n) is 9.66. The molecule has 0 spiro atoms. The number of carbonyl (C=O) groups excluding carboxylic acids is 2. The highest BCUT2D eigenvalue weighted by Crippen LogP contribution is 2.23. The van der Waals surface area contributed by atoms with Gasteiger partial charge in [-0.05, 0) is 37.1 Å². The van der Waals surface area contributed by atoms with Crippen molar-refractivity contribution in [2.24, 2.45) is 0 Å². The maximum Gasteiger partial charge on any atom is 0.243 e. The second-order valence-electron chi connectivity index (χ2n) is 7.22. The Labute approximate surface area is 175 Å². The van der Waals surface area contributed by atoms with Crippen molar-refractivity contribution in [1.29, 1.82) is 0 Å². The molecule has 0 aromatic heterocycles. The second-order valence-corrected chi connectivity index (χ2v) is 8.46. The van der Waals surface area contributed by atoms with Crippen LogP contribution in [0.3, 0.4) is 0 Å². The Balaban J connectivity index is 1.48. The Morgan fingerprint density at radius 1 is 1.24 bits per heavy atom. The number of benzene rings is 2. The number of hydrogen-bond donors (Lipinski definition) is 2. The highest BCUT2D eigenvalue weighted by atomic mass is 32.2. The molecule has 5 nitrogen and oxygen atoms in total. The molecule has 3 rings (SSSR count). The summed E-state index contributed by atoms with van der Waals surface area (Å²) in [6.45, 7) is 2.51. The van der Waals surface area contributed by atoms with Crippen molar-refractivity contribution in [2.75, 3.05) is 24.2 Å². The summed E-state index contributed by atoms with van der Waals surface area (Å²) in [6, 6.07) is 16.0. The highest BCUT2D eigenvalue weighted by molar-refractivity contribution is 8.00. The molecule has 7 heteroatoms. The van der Waals surface area contributed by atoms with E-state index in [0.29, 0.717) is 24.3 Å². The number of likely N-dealkylation sites (N-methyl/N-ethyl adjacent to an activating group) is 1. The van der Waals surface area contributed by atoms with E-state index in [-0.39, 0.29) is 28.9 Å². The van der Waals surface area contributed by atoms with Gasteiger partial charge >= 0.3 is 0 Å². The molecule has 3 atom stereocenters. The monoisotopic (exact) mass is 415 g/mol. The summed E-state index contributed by atoms with van der Waals surface area (Å²) >= 11 is 1.40. The van der Waals surface area contributed by atoms with E-state index in [1.165, 1.54) is 17.8 Å². The SMILES string of the molecule is C[C@H](CNC(=O)[C@@H]1CS[C@@H](Cc2ccccc2F)C(=O)N1)N(C)c1ccccc1. The first kappa shape index (κ1) is 21.2. The molecule has 1 fully saturated rings. The zero-order chi connectivity index (χ0) is 20.8. The lowest BCUT2D eigenvalue weighted by molar-refractivity contribution is -0.128. The van der Waals surface area contributed by atoms with Gasteiger partial charge in [-0.3, -0.25) is 9.59 Å². The van der Waals surface area contributed by atoms with Crippen molar-refractivity contribution in [1.82, 2.24) is 10.6 Å². The Kier molecular flexibility index (Phi) is 7.14. The molecule has 2 aromatic rings. The number of hydrogen-bond acceptors (Lipinski definition) is 4. The molecule has 29 heavy (non-hydrogen) atoms. The summed E-state index contributed by atoms with van der Waals surface area (Å²) in [5.74, 6) is -0.250. The van der Waals surface area contributed by atoms with Gasteiger partial charge in [0, 0.05) is 31.1 Å². The largest absolute Gasteiger partial charge is 0.370 e. The minimum atomic E-state index is -0.571. The smallest absolute Gasteiger partial charge is 0.243 e. The van der Waals surface area contributed by atoms with Crippen molar-refractivity contribution in [3.05, 3.63) is 66.0 Å². The van der Waals surface area contributed by atoms with Gasteiger partial charge in [0.15, 0.2) is 0 Å². The van der Waals surface area contributed by atoms with Gasteiger partial charge in [0.25, 0.3) is 0 Å². The number of rotatable bonds is 7. The van der Waals surface area contributed by atoms with E-state index in [4.69, 9.17) is 0 Å². The van der Waals surface area contributed by atoms with Crippen molar-refractivity contribution < 1.29 is 14.0 Å². The molecule has 154 valence electrons. The Morgan fingerprint density at radius 3 is 2.62 bits per heavy atom. The summed E-state index contributed by atoms with van der Waals surface area (Å²) in [6.07, 6.45) is 0.316. The normalized spacial score (nSPS) is 19.9. The third-order valence-corrected chi connectivity index (χ3v) is 6.46. The molecule has 2 N–H and O–H groups in total. The van der Waals surface area contributed by atoms with Gasteiger partial charge in [0.2, 0.25) is 11.8 Å². The van der Waals surface area contributed by atoms with Gasteiger partial charge in [-0.1, -0.05) is 36.4 Å². The standard InChI is InChI=1S/C22H26FN3O2S/c1-15(26(2)17-9-4-3-5-10-17)13-24-21(27)19-14-29-20(22(28)25-19)12-16-8-6-7-11-18(16)23/h3-11,15,19-20H,12-14H2,1-2H3,(H,24,27)(H,25,28)/t15-,19+,20+/m1/s1. The van der Waals surface area contributed by atoms with Crippen LogP contribution < -0.4 is 15.5 Å². The quantitative estimate of drug-likeness (QED) is 0.730. The van der Waals surface area contributed by atoms with Crippen LogP contribution in [-0.4, -0.2) is 48.5 Å². The topological polar surface area (TPSA) is 61.4 Å². The maximum absolute atomic E-state index is 13.8. The molecule has 2 amide bonds. The predicted molar refractivity (Wildman–Crippen MR) is 116 cm³/mol. The van der Waals surface area contributed by atoms with E-state index in [0.717, 1.165) is 5.69 Å². The Bertz CT molecular complexity index is 849. The van der Waals surface area contributed by atoms with E-state index in [9.17, 15) is 14.0 Å². The van der Waals surface area contributed by atoms with Crippen molar-refractivity contribution in [3.8, 4) is 0 Å². The van der Waals surface area contributed by atoms with E-state index >= 15 is 0 Å². The summed E-state index contributed by atoms with van der Waals surface area (Å²) < 4.78 is 13.8. The third kappa shape index (κ3) is 5.50. The number of thioether (sulfide) groups is 1. The van der Waals surface area contributed by atoms with Crippen LogP contribution >= 0.6 is 11.8 Å². The number of carbonyl (C=O) groups is 2. The molecule has 1 saturated heterocycles. The van der Waals surface area contributed by atoms with Gasteiger partial charge in [-0.15, -0.1) is 11.8 Å². The van der Waals surface area contributed by atoms with E-state index in [2.05, 4.69) is 15.5 Å². The van der Waals surface area contributed by atoms with Crippen LogP contribution in [0.25, 0.3) is 0 Å². The Morgan fingerprint density at radius 2 is 1.93 bits per heavy atom. The molecule has 2 aromatic carbocycles. The highest BCUT2D eigenvalue weighted by Gasteiger charge is 2.32. The Hall–Kier alpha value is -2.54. The van der Waals surface area contributed by atoms with Crippen molar-refractivity contribution >= 4 is 29.3 Å². The average molecular weight is 416 g/mol. The molecule has 1 aliphatic heterocycles. The van der Waals surface area contributed by atoms with Crippen LogP contribution in [0, 0.1) is 5.82 Å². The summed E-state index contributed by atoms with van der Waals surface area (Å²) in [5, 5.41) is 5.32. The molecule has 1 heterocycles. The van der Waals surface area contributed by atoms with Gasteiger partial charge in [-0.2, -0.15) is 0 Å². The number of para-hydroxylation sites is 1. The molecule has 0 saturated carbocycles. The number of anilines is 1. The minimum absolute atomic E-state index is 0.0992. The fourth-order valence-electron chi connectivity index (χ4n) is 3.18. The first-order valence-corrected chi connectivity index (χ1v) is 10.7. The first-order chi connectivity index (χ1) is 14.0. The van der Waals surface area contributed by atoms with Crippen LogP contribution in [0.1, 0.15) is 12.5 Å². The molecule has 0 aliphatic carbocycles. The molecule has 0 unspecified atom stereocenters. The lowest BCUT2D eigenvalue weighted by Gasteiger charge is -2.30. The predicted octanol–water partition coefficient (Wildman–Crippen LogP) is 2.61. The van der Waals surface area contributed by atoms with Crippen LogP contribution in [0.4, 0.5) is 10.1 Å². The fraction of sp³-hybridized carbons (Fsp3) is 0.364. The van der Waals surface area contributed by atoms with Crippen LogP contribution in [0.15, 0.2) is 54.6 Å². The number of halogens is 1. The van der Waals surface area contributed by atoms with Crippen LogP contribution in [0.5, 0.6) is 0 Å². The number of amides is 2. The van der Waals surface area contributed by atoms with E-state index < -0.39 is 6.04 Å². The molecule has 0 radical (unpaired) electrons. The molecule has 0 bridgehead atoms. The molecular formula is C22H26FN3O2S. The maximum atomic E-state index is 13.8. The van der Waals surface area contributed by atoms with Gasteiger partial charge in [0.1, 0.15) is 11.9 Å². The third-order valence-electron chi connectivity index (χ3n) is 5.15. The van der Waals surface area contributed by atoms with Gasteiger partial charge in [-0.25, -0.2) is 4.39 Å². The summed E-state index contributed by atoms with van der Waals surface area (Å²) in [4.78, 5) is 27.0. The summed E-state index contributed by atoms with van der Waals surface area (Å²) in [5.41, 5.74) is 1.59. The zero-order valence-corrected chi connectivity index (χ0v) is 17.4. The van der Waals surface area contributed by atoms with Crippen molar-refractivity contribution in [3.63, 3.8) is 0 Å². The lowest BCUT2D eigenvalue weighted by atomic mass is 10.1. The lowest BCUT2D eigenvalue weighted by Crippen LogP contribution is -2.55. The van der Waals surface area contributed by atoms with Crippen LogP contribution in [0.2, 0.25) is 0 Å². The zero-order valence-electron chi connectivity index (χ0n) is 16.6. The van der Waals surface area contributed by atoms with Gasteiger partial charge < -0.3 is 15.5 Å². The van der Waals surface area contributed by atoms with E-state index in [1.54, 1.807) is 18.2 Å². The number of nitrogens with zero attached hydrogens (tertiary/aromatic N) is 1. The minimum Gasteiger partial charge on any atom is -0.370 e. The second kappa shape index (κ2) is 9.78. The molecular weight excluding hydrogens is 389 g/mol. The van der Waals surface area contributed by atoms with Gasteiger partial charge in [0.05, 0.1) is 5.25 Å². The average Bonchev–Trinajstić information content (AvgIpc) is 2.74. The number of nitrogens with one attached hydrogen (secondary N) is 2. The van der Waals surface area contributed by atoms with E-state index in [1.807, 2.05) is 44.3 Å². The molecule has 1 aliphatic rings. The fourth-order valence-corrected chi connectivity index (χ4v) is 4.35. The van der Waals surface area contributed by atoms with Crippen LogP contribution in [-0.2, 0) is 16.0 Å². The van der Waals surface area contributed by atoms with Crippen molar-refractivity contribution in [2.45, 2.75) is 30.7 Å². The summed E-state index contributed by atoms with van der Waals surface area (Å²) in [7, 11) is 1.98.